The Labute approximate surface area is 253 Å². The van der Waals surface area contributed by atoms with Crippen molar-refractivity contribution in [3.8, 4) is 11.5 Å². The number of rotatable bonds is 12. The highest BCUT2D eigenvalue weighted by molar-refractivity contribution is 6.31. The van der Waals surface area contributed by atoms with E-state index >= 15 is 0 Å². The average Bonchev–Trinajstić information content (AvgIpc) is 3.69. The fourth-order valence-electron chi connectivity index (χ4n) is 5.10. The molecule has 0 radical (unpaired) electrons. The lowest BCUT2D eigenvalue weighted by Crippen LogP contribution is -2.45. The number of amides is 2. The van der Waals surface area contributed by atoms with E-state index in [1.807, 2.05) is 6.07 Å². The summed E-state index contributed by atoms with van der Waals surface area (Å²) in [6.45, 7) is 2.58. The molecule has 2 aliphatic rings. The maximum absolute atomic E-state index is 13.9. The molecule has 11 nitrogen and oxygen atoms in total. The van der Waals surface area contributed by atoms with Crippen LogP contribution < -0.4 is 14.9 Å². The first-order valence-corrected chi connectivity index (χ1v) is 14.6. The third-order valence-corrected chi connectivity index (χ3v) is 7.54. The molecule has 2 amide bonds. The highest BCUT2D eigenvalue weighted by Crippen LogP contribution is 2.33. The van der Waals surface area contributed by atoms with Gasteiger partial charge >= 0.3 is 5.97 Å². The molecule has 1 atom stereocenters. The number of benzene rings is 2. The number of hydrogen-bond acceptors (Lipinski definition) is 9. The van der Waals surface area contributed by atoms with Crippen molar-refractivity contribution in [2.75, 3.05) is 33.1 Å². The summed E-state index contributed by atoms with van der Waals surface area (Å²) < 4.78 is 27.3. The molecule has 1 aromatic heterocycles. The molecule has 1 saturated heterocycles. The zero-order chi connectivity index (χ0) is 30.3. The monoisotopic (exact) mass is 612 g/mol. The van der Waals surface area contributed by atoms with Gasteiger partial charge in [0.05, 0.1) is 49.4 Å². The van der Waals surface area contributed by atoms with E-state index in [0.29, 0.717) is 34.1 Å². The molecule has 1 fully saturated rings. The predicted octanol–water partition coefficient (Wildman–Crippen LogP) is 4.05. The third kappa shape index (κ3) is 7.66. The molecular formula is C31H33ClN2O9. The summed E-state index contributed by atoms with van der Waals surface area (Å²) in [5.74, 6) is -0.0835. The summed E-state index contributed by atoms with van der Waals surface area (Å²) in [4.78, 5) is 55.4. The van der Waals surface area contributed by atoms with Crippen LogP contribution in [0.3, 0.4) is 0 Å². The molecule has 0 bridgehead atoms. The van der Waals surface area contributed by atoms with E-state index in [0.717, 1.165) is 18.4 Å². The number of fused-ring (bicyclic) bond motifs is 2. The third-order valence-electron chi connectivity index (χ3n) is 7.31. The second kappa shape index (κ2) is 13.9. The van der Waals surface area contributed by atoms with Gasteiger partial charge < -0.3 is 33.2 Å². The lowest BCUT2D eigenvalue weighted by Gasteiger charge is -2.29. The van der Waals surface area contributed by atoms with Gasteiger partial charge in [-0.15, -0.1) is 0 Å². The zero-order valence-electron chi connectivity index (χ0n) is 23.8. The zero-order valence-corrected chi connectivity index (χ0v) is 24.6. The molecule has 3 aromatic rings. The van der Waals surface area contributed by atoms with Crippen LogP contribution in [0.1, 0.15) is 43.7 Å². The minimum atomic E-state index is -0.480. The van der Waals surface area contributed by atoms with Crippen LogP contribution >= 0.6 is 11.6 Å². The number of esters is 1. The Balaban J connectivity index is 1.40. The van der Waals surface area contributed by atoms with E-state index in [4.69, 9.17) is 35.0 Å². The summed E-state index contributed by atoms with van der Waals surface area (Å²) in [6.07, 6.45) is 2.56. The summed E-state index contributed by atoms with van der Waals surface area (Å²) >= 11 is 6.13. The average molecular weight is 613 g/mol. The lowest BCUT2D eigenvalue weighted by atomic mass is 10.1. The van der Waals surface area contributed by atoms with E-state index in [2.05, 4.69) is 0 Å². The topological polar surface area (TPSA) is 125 Å². The lowest BCUT2D eigenvalue weighted by molar-refractivity contribution is -0.147. The summed E-state index contributed by atoms with van der Waals surface area (Å²) in [6, 6.07) is 10.1. The summed E-state index contributed by atoms with van der Waals surface area (Å²) in [7, 11) is 0. The molecule has 12 heteroatoms. The van der Waals surface area contributed by atoms with E-state index in [-0.39, 0.29) is 75.4 Å². The Kier molecular flexibility index (Phi) is 9.83. The first kappa shape index (κ1) is 30.4. The number of hydrogen-bond donors (Lipinski definition) is 0. The van der Waals surface area contributed by atoms with Gasteiger partial charge in [-0.05, 0) is 55.7 Å². The number of ether oxygens (including phenoxy) is 4. The molecule has 0 spiro atoms. The predicted molar refractivity (Wildman–Crippen MR) is 156 cm³/mol. The molecule has 5 rings (SSSR count). The van der Waals surface area contributed by atoms with Crippen LogP contribution in [-0.4, -0.2) is 66.8 Å². The molecule has 0 saturated carbocycles. The number of carbonyl (C=O) groups is 3. The molecule has 2 aromatic carbocycles. The molecule has 43 heavy (non-hydrogen) atoms. The van der Waals surface area contributed by atoms with Crippen LogP contribution in [0, 0.1) is 0 Å². The second-order valence-corrected chi connectivity index (χ2v) is 10.8. The second-order valence-electron chi connectivity index (χ2n) is 10.4. The quantitative estimate of drug-likeness (QED) is 0.279. The van der Waals surface area contributed by atoms with Gasteiger partial charge in [0.25, 0.3) is 0 Å². The maximum atomic E-state index is 13.9. The summed E-state index contributed by atoms with van der Waals surface area (Å²) in [5, 5.41) is 0.686. The van der Waals surface area contributed by atoms with Crippen LogP contribution in [0.4, 0.5) is 0 Å². The Hall–Kier alpha value is -4.09. The molecule has 0 aliphatic carbocycles. The minimum absolute atomic E-state index is 0.0805. The maximum Gasteiger partial charge on any atom is 0.306 e. The van der Waals surface area contributed by atoms with Crippen molar-refractivity contribution in [1.29, 1.82) is 0 Å². The fourth-order valence-corrected chi connectivity index (χ4v) is 5.27. The van der Waals surface area contributed by atoms with Gasteiger partial charge in [-0.25, -0.2) is 0 Å². The molecule has 2 aliphatic heterocycles. The van der Waals surface area contributed by atoms with E-state index in [9.17, 15) is 19.2 Å². The van der Waals surface area contributed by atoms with Crippen LogP contribution in [0.15, 0.2) is 51.9 Å². The number of carbonyl (C=O) groups excluding carboxylic acids is 3. The SMILES string of the molecule is CCOC(=O)CCC(=O)N(CC(=O)N(Cc1ccc2c(c1)OCO2)Cc1coc2ccc(Cl)cc2c1=O)CC1CCCO1. The van der Waals surface area contributed by atoms with Gasteiger partial charge in [-0.1, -0.05) is 17.7 Å². The Morgan fingerprint density at radius 3 is 2.63 bits per heavy atom. The van der Waals surface area contributed by atoms with E-state index in [1.54, 1.807) is 31.2 Å². The molecule has 3 heterocycles. The first-order valence-electron chi connectivity index (χ1n) is 14.2. The Bertz CT molecular complexity index is 1550. The van der Waals surface area contributed by atoms with Gasteiger partial charge in [-0.3, -0.25) is 19.2 Å². The van der Waals surface area contributed by atoms with Crippen LogP contribution in [-0.2, 0) is 36.9 Å². The van der Waals surface area contributed by atoms with Crippen LogP contribution in [0.5, 0.6) is 11.5 Å². The van der Waals surface area contributed by atoms with Crippen molar-refractivity contribution in [2.24, 2.45) is 0 Å². The van der Waals surface area contributed by atoms with Crippen LogP contribution in [0.2, 0.25) is 5.02 Å². The van der Waals surface area contributed by atoms with E-state index in [1.165, 1.54) is 22.1 Å². The summed E-state index contributed by atoms with van der Waals surface area (Å²) in [5.41, 5.74) is 1.06. The van der Waals surface area contributed by atoms with Crippen LogP contribution in [0.25, 0.3) is 11.0 Å². The van der Waals surface area contributed by atoms with Gasteiger partial charge in [0.15, 0.2) is 16.9 Å². The largest absolute Gasteiger partial charge is 0.466 e. The molecule has 0 N–H and O–H groups in total. The fraction of sp³-hybridized carbons (Fsp3) is 0.419. The van der Waals surface area contributed by atoms with Crippen molar-refractivity contribution >= 4 is 40.4 Å². The number of nitrogens with zero attached hydrogens (tertiary/aromatic N) is 2. The molecule has 1 unspecified atom stereocenters. The normalized spacial score (nSPS) is 15.4. The highest BCUT2D eigenvalue weighted by Gasteiger charge is 2.28. The molecular weight excluding hydrogens is 580 g/mol. The van der Waals surface area contributed by atoms with Crippen molar-refractivity contribution in [2.45, 2.75) is 51.8 Å². The van der Waals surface area contributed by atoms with Crippen molar-refractivity contribution in [3.63, 3.8) is 0 Å². The molecule has 228 valence electrons. The van der Waals surface area contributed by atoms with Gasteiger partial charge in [0.1, 0.15) is 5.58 Å². The smallest absolute Gasteiger partial charge is 0.306 e. The van der Waals surface area contributed by atoms with Crippen molar-refractivity contribution in [1.82, 2.24) is 9.80 Å². The minimum Gasteiger partial charge on any atom is -0.466 e. The Morgan fingerprint density at radius 2 is 1.84 bits per heavy atom. The highest BCUT2D eigenvalue weighted by atomic mass is 35.5. The van der Waals surface area contributed by atoms with Crippen molar-refractivity contribution < 1.29 is 37.7 Å². The van der Waals surface area contributed by atoms with Gasteiger partial charge in [0.2, 0.25) is 18.6 Å². The van der Waals surface area contributed by atoms with Crippen molar-refractivity contribution in [3.05, 3.63) is 69.0 Å². The van der Waals surface area contributed by atoms with Gasteiger partial charge in [0, 0.05) is 31.1 Å². The first-order chi connectivity index (χ1) is 20.8. The van der Waals surface area contributed by atoms with E-state index < -0.39 is 11.9 Å². The number of halogens is 1. The Morgan fingerprint density at radius 1 is 1.00 bits per heavy atom. The van der Waals surface area contributed by atoms with Gasteiger partial charge in [-0.2, -0.15) is 0 Å². The standard InChI is InChI=1S/C31H33ClN2O9/c1-2-39-30(37)10-9-28(35)34(16-23-4-3-11-40-23)17-29(36)33(14-20-5-7-26-27(12-20)43-19-42-26)15-21-18-41-25-8-6-22(32)13-24(25)31(21)38/h5-8,12-13,18,23H,2-4,9-11,14-17,19H2,1H3.